The topological polar surface area (TPSA) is 80.7 Å². The molecule has 1 aromatic heterocycles. The highest BCUT2D eigenvalue weighted by Gasteiger charge is 2.09. The zero-order valence-corrected chi connectivity index (χ0v) is 7.33. The predicted octanol–water partition coefficient (Wildman–Crippen LogP) is 0.720. The smallest absolute Gasteiger partial charge is 0.313 e. The fraction of sp³-hybridized carbons (Fsp3) is 0.125. The summed E-state index contributed by atoms with van der Waals surface area (Å²) < 4.78 is 0.616. The lowest BCUT2D eigenvalue weighted by Gasteiger charge is -1.96. The Kier molecular flexibility index (Phi) is 3.01. The van der Waals surface area contributed by atoms with E-state index < -0.39 is 4.92 Å². The Balaban J connectivity index is 3.28. The molecule has 0 saturated heterocycles. The van der Waals surface area contributed by atoms with Gasteiger partial charge < -0.3 is 5.21 Å². The van der Waals surface area contributed by atoms with Crippen LogP contribution in [-0.2, 0) is 0 Å². The van der Waals surface area contributed by atoms with Crippen molar-refractivity contribution in [2.75, 3.05) is 6.54 Å². The molecule has 6 nitrogen and oxygen atoms in total. The number of nitro groups is 1. The van der Waals surface area contributed by atoms with Crippen LogP contribution in [0.1, 0.15) is 0 Å². The Bertz CT molecular complexity index is 422. The lowest BCUT2D eigenvalue weighted by molar-refractivity contribution is -0.387. The van der Waals surface area contributed by atoms with Gasteiger partial charge in [-0.1, -0.05) is 6.08 Å². The molecule has 1 aromatic rings. The molecule has 0 unspecified atom stereocenters. The highest BCUT2D eigenvalue weighted by atomic mass is 16.6. The minimum absolute atomic E-state index is 0.222. The van der Waals surface area contributed by atoms with E-state index >= 15 is 0 Å². The summed E-state index contributed by atoms with van der Waals surface area (Å²) in [5, 5.41) is 19.7. The van der Waals surface area contributed by atoms with Gasteiger partial charge in [0.25, 0.3) is 0 Å². The molecule has 1 heterocycles. The second-order valence-corrected chi connectivity index (χ2v) is 2.48. The lowest BCUT2D eigenvalue weighted by Crippen LogP contribution is -2.12. The number of hydrogen-bond donors (Lipinski definition) is 1. The molecule has 0 spiro atoms. The summed E-state index contributed by atoms with van der Waals surface area (Å²) in [4.78, 5) is 13.8. The Labute approximate surface area is 79.6 Å². The first kappa shape index (κ1) is 9.97. The molecule has 0 saturated carbocycles. The van der Waals surface area contributed by atoms with Crippen molar-refractivity contribution in [3.63, 3.8) is 0 Å². The number of pyridine rings is 1. The number of aromatic nitrogens is 1. The maximum absolute atomic E-state index is 10.5. The van der Waals surface area contributed by atoms with Crippen LogP contribution in [0.3, 0.4) is 0 Å². The SMILES string of the molecule is C=CCN=c1ccn(O)cc1[N+](=O)[O-]. The van der Waals surface area contributed by atoms with Crippen molar-refractivity contribution in [1.29, 1.82) is 0 Å². The first-order valence-corrected chi connectivity index (χ1v) is 3.82. The van der Waals surface area contributed by atoms with Crippen LogP contribution in [0.2, 0.25) is 0 Å². The van der Waals surface area contributed by atoms with E-state index in [9.17, 15) is 10.1 Å². The molecule has 0 aromatic carbocycles. The molecule has 6 heteroatoms. The maximum atomic E-state index is 10.5. The largest absolute Gasteiger partial charge is 0.429 e. The summed E-state index contributed by atoms with van der Waals surface area (Å²) >= 11 is 0. The molecule has 74 valence electrons. The fourth-order valence-corrected chi connectivity index (χ4v) is 0.904. The third-order valence-corrected chi connectivity index (χ3v) is 1.49. The molecule has 0 amide bonds. The van der Waals surface area contributed by atoms with Gasteiger partial charge >= 0.3 is 5.69 Å². The number of hydrogen-bond acceptors (Lipinski definition) is 4. The summed E-state index contributed by atoms with van der Waals surface area (Å²) in [7, 11) is 0. The van der Waals surface area contributed by atoms with Gasteiger partial charge in [-0.3, -0.25) is 15.1 Å². The van der Waals surface area contributed by atoms with Gasteiger partial charge in [-0.25, -0.2) is 0 Å². The summed E-state index contributed by atoms with van der Waals surface area (Å²) in [6, 6.07) is 1.36. The summed E-state index contributed by atoms with van der Waals surface area (Å²) in [6.07, 6.45) is 3.79. The van der Waals surface area contributed by atoms with Crippen LogP contribution in [0.15, 0.2) is 36.1 Å². The van der Waals surface area contributed by atoms with Crippen LogP contribution < -0.4 is 5.36 Å². The molecular weight excluding hydrogens is 186 g/mol. The van der Waals surface area contributed by atoms with Crippen LogP contribution in [0.5, 0.6) is 0 Å². The monoisotopic (exact) mass is 195 g/mol. The van der Waals surface area contributed by atoms with Crippen molar-refractivity contribution in [2.45, 2.75) is 0 Å². The van der Waals surface area contributed by atoms with Crippen molar-refractivity contribution in [1.82, 2.24) is 4.73 Å². The van der Waals surface area contributed by atoms with E-state index in [0.717, 1.165) is 6.20 Å². The van der Waals surface area contributed by atoms with Gasteiger partial charge in [0, 0.05) is 6.20 Å². The third-order valence-electron chi connectivity index (χ3n) is 1.49. The number of rotatable bonds is 3. The van der Waals surface area contributed by atoms with Crippen molar-refractivity contribution >= 4 is 5.69 Å². The summed E-state index contributed by atoms with van der Waals surface area (Å²) in [5.74, 6) is 0. The Morgan fingerprint density at radius 2 is 2.50 bits per heavy atom. The molecule has 1 rings (SSSR count). The van der Waals surface area contributed by atoms with Crippen LogP contribution in [0.25, 0.3) is 0 Å². The normalized spacial score (nSPS) is 11.3. The average Bonchev–Trinajstić information content (AvgIpc) is 2.15. The Hall–Kier alpha value is -2.11. The van der Waals surface area contributed by atoms with Crippen molar-refractivity contribution < 1.29 is 10.1 Å². The zero-order valence-electron chi connectivity index (χ0n) is 7.33. The minimum Gasteiger partial charge on any atom is -0.429 e. The van der Waals surface area contributed by atoms with E-state index in [0.29, 0.717) is 11.3 Å². The van der Waals surface area contributed by atoms with E-state index in [1.807, 2.05) is 0 Å². The van der Waals surface area contributed by atoms with Gasteiger partial charge in [0.15, 0.2) is 0 Å². The Morgan fingerprint density at radius 1 is 1.79 bits per heavy atom. The lowest BCUT2D eigenvalue weighted by atomic mass is 10.4. The van der Waals surface area contributed by atoms with Gasteiger partial charge in [0.2, 0.25) is 0 Å². The molecule has 0 radical (unpaired) electrons. The third kappa shape index (κ3) is 2.19. The molecule has 0 aliphatic rings. The molecule has 1 N–H and O–H groups in total. The van der Waals surface area contributed by atoms with Gasteiger partial charge in [-0.2, -0.15) is 4.73 Å². The summed E-state index contributed by atoms with van der Waals surface area (Å²) in [5.41, 5.74) is -0.239. The first-order valence-electron chi connectivity index (χ1n) is 3.82. The van der Waals surface area contributed by atoms with Crippen molar-refractivity contribution in [3.8, 4) is 0 Å². The second-order valence-electron chi connectivity index (χ2n) is 2.48. The van der Waals surface area contributed by atoms with Gasteiger partial charge in [-0.15, -0.1) is 6.58 Å². The van der Waals surface area contributed by atoms with Crippen LogP contribution >= 0.6 is 0 Å². The second kappa shape index (κ2) is 4.22. The maximum Gasteiger partial charge on any atom is 0.313 e. The average molecular weight is 195 g/mol. The minimum atomic E-state index is -0.603. The van der Waals surface area contributed by atoms with Gasteiger partial charge in [0.05, 0.1) is 11.5 Å². The van der Waals surface area contributed by atoms with E-state index in [-0.39, 0.29) is 11.0 Å². The zero-order chi connectivity index (χ0) is 10.6. The molecular formula is C8H9N3O3. The quantitative estimate of drug-likeness (QED) is 0.334. The van der Waals surface area contributed by atoms with Crippen LogP contribution in [-0.4, -0.2) is 21.4 Å². The van der Waals surface area contributed by atoms with E-state index in [4.69, 9.17) is 5.21 Å². The highest BCUT2D eigenvalue weighted by Crippen LogP contribution is 2.00. The van der Waals surface area contributed by atoms with Gasteiger partial charge in [0.1, 0.15) is 11.6 Å². The number of nitrogens with zero attached hydrogens (tertiary/aromatic N) is 3. The standard InChI is InChI=1S/C8H9N3O3/c1-2-4-9-7-3-5-10(12)6-8(7)11(13)14/h2-3,5-6,12H,1,4H2. The molecule has 0 atom stereocenters. The van der Waals surface area contributed by atoms with E-state index in [2.05, 4.69) is 11.6 Å². The predicted molar refractivity (Wildman–Crippen MR) is 48.9 cm³/mol. The van der Waals surface area contributed by atoms with E-state index in [1.54, 1.807) is 0 Å². The molecule has 0 aliphatic carbocycles. The van der Waals surface area contributed by atoms with Crippen molar-refractivity contribution in [3.05, 3.63) is 46.6 Å². The summed E-state index contributed by atoms with van der Waals surface area (Å²) in [6.45, 7) is 3.75. The first-order chi connectivity index (χ1) is 6.65. The van der Waals surface area contributed by atoms with Crippen LogP contribution in [0, 0.1) is 10.1 Å². The highest BCUT2D eigenvalue weighted by molar-refractivity contribution is 5.24. The van der Waals surface area contributed by atoms with Crippen molar-refractivity contribution in [2.24, 2.45) is 4.99 Å². The van der Waals surface area contributed by atoms with Crippen LogP contribution in [0.4, 0.5) is 5.69 Å². The van der Waals surface area contributed by atoms with Gasteiger partial charge in [-0.05, 0) is 6.07 Å². The van der Waals surface area contributed by atoms with E-state index in [1.165, 1.54) is 18.3 Å². The fourth-order valence-electron chi connectivity index (χ4n) is 0.904. The Morgan fingerprint density at radius 3 is 3.07 bits per heavy atom. The molecule has 14 heavy (non-hydrogen) atoms. The molecule has 0 bridgehead atoms. The molecule has 0 aliphatic heterocycles. The molecule has 0 fully saturated rings.